The highest BCUT2D eigenvalue weighted by molar-refractivity contribution is 6.11. The summed E-state index contributed by atoms with van der Waals surface area (Å²) in [5.41, 5.74) is 3.50. The molecule has 0 aliphatic carbocycles. The normalized spacial score (nSPS) is 13.9. The van der Waals surface area contributed by atoms with Crippen LogP contribution in [0.15, 0.2) is 72.0 Å². The van der Waals surface area contributed by atoms with E-state index in [4.69, 9.17) is 4.74 Å². The number of ether oxygens (including phenoxy) is 1. The van der Waals surface area contributed by atoms with Crippen molar-refractivity contribution in [3.05, 3.63) is 89.4 Å². The van der Waals surface area contributed by atoms with Gasteiger partial charge in [0, 0.05) is 18.4 Å². The highest BCUT2D eigenvalue weighted by Crippen LogP contribution is 2.30. The fraction of sp³-hybridized carbons (Fsp3) is 0.182. The third kappa shape index (κ3) is 3.67. The van der Waals surface area contributed by atoms with E-state index in [-0.39, 0.29) is 12.4 Å². The van der Waals surface area contributed by atoms with Crippen molar-refractivity contribution in [2.24, 2.45) is 5.16 Å². The molecule has 142 valence electrons. The molecule has 0 amide bonds. The van der Waals surface area contributed by atoms with Crippen LogP contribution in [-0.2, 0) is 13.0 Å². The first-order valence-electron chi connectivity index (χ1n) is 9.16. The molecule has 3 aromatic rings. The largest absolute Gasteiger partial charge is 0.472 e. The zero-order valence-electron chi connectivity index (χ0n) is 15.3. The standard InChI is InChI=1S/C22H20FN3O2/c23-18-9-3-6-16(14-18)15-28-22-19(10-4-12-24-22)21(25-27)26-13-5-8-17-7-1-2-11-20(17)26/h1-4,6-7,9-12,14,27H,5,8,13,15H2/b25-21-. The predicted molar refractivity (Wildman–Crippen MR) is 105 cm³/mol. The van der Waals surface area contributed by atoms with Crippen molar-refractivity contribution in [2.45, 2.75) is 19.4 Å². The Labute approximate surface area is 162 Å². The zero-order valence-corrected chi connectivity index (χ0v) is 15.3. The van der Waals surface area contributed by atoms with Crippen LogP contribution in [0.3, 0.4) is 0 Å². The number of para-hydroxylation sites is 1. The first kappa shape index (κ1) is 18.0. The number of benzene rings is 2. The number of halogens is 1. The Bertz CT molecular complexity index is 1010. The predicted octanol–water partition coefficient (Wildman–Crippen LogP) is 4.39. The van der Waals surface area contributed by atoms with Crippen molar-refractivity contribution in [1.82, 2.24) is 4.98 Å². The highest BCUT2D eigenvalue weighted by atomic mass is 19.1. The van der Waals surface area contributed by atoms with E-state index in [0.29, 0.717) is 22.8 Å². The lowest BCUT2D eigenvalue weighted by molar-refractivity contribution is 0.291. The molecule has 0 spiro atoms. The average Bonchev–Trinajstić information content (AvgIpc) is 2.74. The van der Waals surface area contributed by atoms with E-state index in [1.165, 1.54) is 17.7 Å². The molecular formula is C22H20FN3O2. The molecule has 1 aliphatic heterocycles. The van der Waals surface area contributed by atoms with Gasteiger partial charge in [-0.25, -0.2) is 9.37 Å². The lowest BCUT2D eigenvalue weighted by Crippen LogP contribution is -2.36. The van der Waals surface area contributed by atoms with Gasteiger partial charge in [0.25, 0.3) is 0 Å². The number of hydrogen-bond acceptors (Lipinski definition) is 4. The second kappa shape index (κ2) is 8.08. The summed E-state index contributed by atoms with van der Waals surface area (Å²) in [6, 6.07) is 17.9. The van der Waals surface area contributed by atoms with Gasteiger partial charge in [-0.3, -0.25) is 0 Å². The van der Waals surface area contributed by atoms with Crippen molar-refractivity contribution in [1.29, 1.82) is 0 Å². The Morgan fingerprint density at radius 3 is 2.89 bits per heavy atom. The van der Waals surface area contributed by atoms with E-state index < -0.39 is 0 Å². The molecule has 4 rings (SSSR count). The van der Waals surface area contributed by atoms with Crippen molar-refractivity contribution in [2.75, 3.05) is 11.4 Å². The molecule has 28 heavy (non-hydrogen) atoms. The van der Waals surface area contributed by atoms with E-state index in [9.17, 15) is 9.60 Å². The summed E-state index contributed by atoms with van der Waals surface area (Å²) in [6.45, 7) is 0.895. The van der Waals surface area contributed by atoms with Crippen LogP contribution in [0.5, 0.6) is 5.88 Å². The Hall–Kier alpha value is -3.41. The first-order chi connectivity index (χ1) is 13.8. The van der Waals surface area contributed by atoms with E-state index in [1.54, 1.807) is 30.5 Å². The summed E-state index contributed by atoms with van der Waals surface area (Å²) in [4.78, 5) is 6.28. The molecular weight excluding hydrogens is 357 g/mol. The van der Waals surface area contributed by atoms with E-state index in [1.807, 2.05) is 23.1 Å². The molecule has 0 fully saturated rings. The lowest BCUT2D eigenvalue weighted by atomic mass is 10.0. The smallest absolute Gasteiger partial charge is 0.224 e. The minimum Gasteiger partial charge on any atom is -0.472 e. The van der Waals surface area contributed by atoms with Gasteiger partial charge < -0.3 is 14.8 Å². The molecule has 6 heteroatoms. The number of amidine groups is 1. The van der Waals surface area contributed by atoms with Crippen LogP contribution in [0.2, 0.25) is 0 Å². The maximum absolute atomic E-state index is 13.4. The Balaban J connectivity index is 1.64. The molecule has 0 saturated carbocycles. The van der Waals surface area contributed by atoms with Crippen LogP contribution < -0.4 is 9.64 Å². The summed E-state index contributed by atoms with van der Waals surface area (Å²) in [6.07, 6.45) is 3.56. The van der Waals surface area contributed by atoms with Crippen LogP contribution >= 0.6 is 0 Å². The first-order valence-corrected chi connectivity index (χ1v) is 9.16. The van der Waals surface area contributed by atoms with E-state index in [2.05, 4.69) is 16.2 Å². The molecule has 0 unspecified atom stereocenters. The third-order valence-electron chi connectivity index (χ3n) is 4.74. The Kier molecular flexibility index (Phi) is 5.19. The number of anilines is 1. The van der Waals surface area contributed by atoms with Gasteiger partial charge in [0.05, 0.1) is 5.56 Å². The number of hydrogen-bond donors (Lipinski definition) is 1. The quantitative estimate of drug-likeness (QED) is 0.317. The van der Waals surface area contributed by atoms with Gasteiger partial charge in [-0.2, -0.15) is 0 Å². The van der Waals surface area contributed by atoms with Crippen LogP contribution in [0.4, 0.5) is 10.1 Å². The number of aromatic nitrogens is 1. The number of pyridine rings is 1. The van der Waals surface area contributed by atoms with Crippen molar-refractivity contribution < 1.29 is 14.3 Å². The van der Waals surface area contributed by atoms with E-state index >= 15 is 0 Å². The molecule has 1 N–H and O–H groups in total. The summed E-state index contributed by atoms with van der Waals surface area (Å²) >= 11 is 0. The lowest BCUT2D eigenvalue weighted by Gasteiger charge is -2.31. The molecule has 2 heterocycles. The van der Waals surface area contributed by atoms with Gasteiger partial charge in [-0.1, -0.05) is 35.5 Å². The molecule has 5 nitrogen and oxygen atoms in total. The molecule has 0 atom stereocenters. The average molecular weight is 377 g/mol. The number of rotatable bonds is 4. The summed E-state index contributed by atoms with van der Waals surface area (Å²) in [5.74, 6) is 0.405. The Morgan fingerprint density at radius 1 is 1.14 bits per heavy atom. The van der Waals surface area contributed by atoms with Crippen molar-refractivity contribution >= 4 is 11.5 Å². The van der Waals surface area contributed by atoms with Crippen molar-refractivity contribution in [3.63, 3.8) is 0 Å². The molecule has 0 saturated heterocycles. The molecule has 1 aliphatic rings. The van der Waals surface area contributed by atoms with Crippen LogP contribution in [0.1, 0.15) is 23.1 Å². The zero-order chi connectivity index (χ0) is 19.3. The number of nitrogens with zero attached hydrogens (tertiary/aromatic N) is 3. The second-order valence-electron chi connectivity index (χ2n) is 6.58. The number of fused-ring (bicyclic) bond motifs is 1. The third-order valence-corrected chi connectivity index (χ3v) is 4.74. The fourth-order valence-corrected chi connectivity index (χ4v) is 3.46. The van der Waals surface area contributed by atoms with Gasteiger partial charge in [0.2, 0.25) is 5.88 Å². The highest BCUT2D eigenvalue weighted by Gasteiger charge is 2.25. The number of oxime groups is 1. The minimum atomic E-state index is -0.315. The van der Waals surface area contributed by atoms with Gasteiger partial charge in [0.1, 0.15) is 12.4 Å². The van der Waals surface area contributed by atoms with Gasteiger partial charge in [-0.15, -0.1) is 0 Å². The molecule has 1 aromatic heterocycles. The fourth-order valence-electron chi connectivity index (χ4n) is 3.46. The monoisotopic (exact) mass is 377 g/mol. The summed E-state index contributed by atoms with van der Waals surface area (Å²) in [7, 11) is 0. The Morgan fingerprint density at radius 2 is 2.04 bits per heavy atom. The van der Waals surface area contributed by atoms with Gasteiger partial charge in [-0.05, 0) is 54.3 Å². The molecule has 0 bridgehead atoms. The SMILES string of the molecule is O/N=C(/c1cccnc1OCc1cccc(F)c1)N1CCCc2ccccc21. The van der Waals surface area contributed by atoms with Crippen molar-refractivity contribution in [3.8, 4) is 5.88 Å². The maximum atomic E-state index is 13.4. The summed E-state index contributed by atoms with van der Waals surface area (Å²) < 4.78 is 19.3. The van der Waals surface area contributed by atoms with E-state index in [0.717, 1.165) is 25.1 Å². The van der Waals surface area contributed by atoms with Gasteiger partial charge >= 0.3 is 0 Å². The topological polar surface area (TPSA) is 58.0 Å². The van der Waals surface area contributed by atoms with Crippen LogP contribution in [0.25, 0.3) is 0 Å². The summed E-state index contributed by atoms with van der Waals surface area (Å²) in [5, 5.41) is 13.4. The van der Waals surface area contributed by atoms with Crippen LogP contribution in [0, 0.1) is 5.82 Å². The van der Waals surface area contributed by atoms with Gasteiger partial charge in [0.15, 0.2) is 5.84 Å². The molecule has 0 radical (unpaired) electrons. The number of aryl methyl sites for hydroxylation is 1. The minimum absolute atomic E-state index is 0.164. The second-order valence-corrected chi connectivity index (χ2v) is 6.58. The van der Waals surface area contributed by atoms with Crippen LogP contribution in [-0.4, -0.2) is 22.6 Å². The molecule has 2 aromatic carbocycles. The maximum Gasteiger partial charge on any atom is 0.224 e.